The van der Waals surface area contributed by atoms with E-state index in [1.807, 2.05) is 0 Å². The standard InChI is InChI=1S/C8H10N4O2/c13-6-1-3-12(4-2-6)8(14)7-5-9-11-10-7/h5H,1-4H2,(H,9,10,11). The molecule has 1 saturated heterocycles. The van der Waals surface area contributed by atoms with Crippen LogP contribution in [-0.4, -0.2) is 45.1 Å². The van der Waals surface area contributed by atoms with E-state index in [0.29, 0.717) is 31.6 Å². The van der Waals surface area contributed by atoms with Crippen molar-refractivity contribution in [2.24, 2.45) is 0 Å². The summed E-state index contributed by atoms with van der Waals surface area (Å²) in [4.78, 5) is 24.2. The van der Waals surface area contributed by atoms with Gasteiger partial charge in [0.25, 0.3) is 5.91 Å². The van der Waals surface area contributed by atoms with Gasteiger partial charge in [-0.15, -0.1) is 0 Å². The lowest BCUT2D eigenvalue weighted by Crippen LogP contribution is -2.38. The van der Waals surface area contributed by atoms with E-state index in [1.54, 1.807) is 4.90 Å². The fourth-order valence-corrected chi connectivity index (χ4v) is 1.43. The average Bonchev–Trinajstić information content (AvgIpc) is 2.71. The molecule has 1 aliphatic heterocycles. The van der Waals surface area contributed by atoms with E-state index in [0.717, 1.165) is 0 Å². The zero-order valence-corrected chi connectivity index (χ0v) is 7.56. The van der Waals surface area contributed by atoms with Crippen molar-refractivity contribution in [2.45, 2.75) is 12.8 Å². The second kappa shape index (κ2) is 3.57. The summed E-state index contributed by atoms with van der Waals surface area (Å²) in [6, 6.07) is 0. The predicted octanol–water partition coefficient (Wildman–Crippen LogP) is -0.390. The number of carbonyl (C=O) groups is 2. The SMILES string of the molecule is O=C1CCN(C(=O)c2cn[nH]n2)CC1. The summed E-state index contributed by atoms with van der Waals surface area (Å²) < 4.78 is 0. The van der Waals surface area contributed by atoms with Crippen LogP contribution in [0.5, 0.6) is 0 Å². The Balaban J connectivity index is 2.03. The molecule has 74 valence electrons. The van der Waals surface area contributed by atoms with E-state index >= 15 is 0 Å². The highest BCUT2D eigenvalue weighted by Gasteiger charge is 2.22. The van der Waals surface area contributed by atoms with Crippen LogP contribution in [0.25, 0.3) is 0 Å². The number of aromatic nitrogens is 3. The van der Waals surface area contributed by atoms with Gasteiger partial charge in [0.1, 0.15) is 5.78 Å². The number of piperidine rings is 1. The maximum atomic E-state index is 11.7. The number of amides is 1. The summed E-state index contributed by atoms with van der Waals surface area (Å²) in [6.07, 6.45) is 2.28. The van der Waals surface area contributed by atoms with Gasteiger partial charge in [0.05, 0.1) is 6.20 Å². The molecule has 1 aromatic rings. The predicted molar refractivity (Wildman–Crippen MR) is 46.5 cm³/mol. The van der Waals surface area contributed by atoms with Gasteiger partial charge in [-0.2, -0.15) is 15.4 Å². The van der Waals surface area contributed by atoms with Gasteiger partial charge in [-0.05, 0) is 0 Å². The third-order valence-corrected chi connectivity index (χ3v) is 2.24. The number of Topliss-reactive ketones (excluding diaryl/α,β-unsaturated/α-hetero) is 1. The lowest BCUT2D eigenvalue weighted by molar-refractivity contribution is -0.120. The molecule has 0 aromatic carbocycles. The van der Waals surface area contributed by atoms with Gasteiger partial charge < -0.3 is 4.90 Å². The minimum Gasteiger partial charge on any atom is -0.336 e. The minimum atomic E-state index is -0.161. The second-order valence-electron chi connectivity index (χ2n) is 3.19. The van der Waals surface area contributed by atoms with Gasteiger partial charge in [0.15, 0.2) is 5.69 Å². The number of nitrogens with one attached hydrogen (secondary N) is 1. The molecule has 0 unspecified atom stereocenters. The molecule has 6 nitrogen and oxygen atoms in total. The Kier molecular flexibility index (Phi) is 2.26. The van der Waals surface area contributed by atoms with Gasteiger partial charge in [0, 0.05) is 25.9 Å². The van der Waals surface area contributed by atoms with Crippen molar-refractivity contribution in [3.63, 3.8) is 0 Å². The number of H-pyrrole nitrogens is 1. The molecule has 1 aromatic heterocycles. The number of hydrogen-bond acceptors (Lipinski definition) is 4. The van der Waals surface area contributed by atoms with E-state index in [4.69, 9.17) is 0 Å². The van der Waals surface area contributed by atoms with Gasteiger partial charge in [-0.3, -0.25) is 9.59 Å². The molecule has 1 N–H and O–H groups in total. The first-order valence-electron chi connectivity index (χ1n) is 4.44. The topological polar surface area (TPSA) is 79.0 Å². The number of carbonyl (C=O) groups excluding carboxylic acids is 2. The van der Waals surface area contributed by atoms with Crippen LogP contribution in [0.2, 0.25) is 0 Å². The summed E-state index contributed by atoms with van der Waals surface area (Å²) in [6.45, 7) is 0.981. The highest BCUT2D eigenvalue weighted by molar-refractivity contribution is 5.93. The third kappa shape index (κ3) is 1.63. The van der Waals surface area contributed by atoms with Gasteiger partial charge in [-0.25, -0.2) is 0 Å². The molecular weight excluding hydrogens is 184 g/mol. The summed E-state index contributed by atoms with van der Waals surface area (Å²) in [7, 11) is 0. The van der Waals surface area contributed by atoms with E-state index in [-0.39, 0.29) is 11.7 Å². The molecule has 0 aliphatic carbocycles. The third-order valence-electron chi connectivity index (χ3n) is 2.24. The van der Waals surface area contributed by atoms with Crippen molar-refractivity contribution in [1.29, 1.82) is 0 Å². The minimum absolute atomic E-state index is 0.161. The summed E-state index contributed by atoms with van der Waals surface area (Å²) >= 11 is 0. The Hall–Kier alpha value is -1.72. The molecule has 1 aliphatic rings. The molecule has 1 amide bonds. The van der Waals surface area contributed by atoms with Crippen molar-refractivity contribution >= 4 is 11.7 Å². The normalized spacial score (nSPS) is 17.1. The molecule has 6 heteroatoms. The molecular formula is C8H10N4O2. The van der Waals surface area contributed by atoms with Crippen LogP contribution in [0.15, 0.2) is 6.20 Å². The van der Waals surface area contributed by atoms with Gasteiger partial charge in [0.2, 0.25) is 0 Å². The van der Waals surface area contributed by atoms with Gasteiger partial charge >= 0.3 is 0 Å². The van der Waals surface area contributed by atoms with Crippen LogP contribution < -0.4 is 0 Å². The maximum Gasteiger partial charge on any atom is 0.276 e. The molecule has 2 rings (SSSR count). The molecule has 1 fully saturated rings. The van der Waals surface area contributed by atoms with Crippen LogP contribution in [0.1, 0.15) is 23.3 Å². The van der Waals surface area contributed by atoms with Crippen LogP contribution >= 0.6 is 0 Å². The highest BCUT2D eigenvalue weighted by Crippen LogP contribution is 2.08. The van der Waals surface area contributed by atoms with Crippen LogP contribution in [0, 0.1) is 0 Å². The molecule has 0 atom stereocenters. The summed E-state index contributed by atoms with van der Waals surface area (Å²) in [5.41, 5.74) is 0.305. The monoisotopic (exact) mass is 194 g/mol. The maximum absolute atomic E-state index is 11.7. The van der Waals surface area contributed by atoms with Crippen molar-refractivity contribution in [3.8, 4) is 0 Å². The molecule has 0 spiro atoms. The fourth-order valence-electron chi connectivity index (χ4n) is 1.43. The summed E-state index contributed by atoms with van der Waals surface area (Å²) in [5.74, 6) is 0.0560. The fraction of sp³-hybridized carbons (Fsp3) is 0.500. The van der Waals surface area contributed by atoms with Crippen LogP contribution in [0.3, 0.4) is 0 Å². The number of rotatable bonds is 1. The lowest BCUT2D eigenvalue weighted by Gasteiger charge is -2.24. The Morgan fingerprint density at radius 3 is 2.71 bits per heavy atom. The summed E-state index contributed by atoms with van der Waals surface area (Å²) in [5, 5.41) is 9.64. The number of nitrogens with zero attached hydrogens (tertiary/aromatic N) is 3. The zero-order chi connectivity index (χ0) is 9.97. The number of likely N-dealkylation sites (tertiary alicyclic amines) is 1. The van der Waals surface area contributed by atoms with Crippen LogP contribution in [0.4, 0.5) is 0 Å². The van der Waals surface area contributed by atoms with E-state index < -0.39 is 0 Å². The van der Waals surface area contributed by atoms with Crippen molar-refractivity contribution < 1.29 is 9.59 Å². The highest BCUT2D eigenvalue weighted by atomic mass is 16.2. The first-order valence-corrected chi connectivity index (χ1v) is 4.44. The Bertz CT molecular complexity index is 336. The number of ketones is 1. The zero-order valence-electron chi connectivity index (χ0n) is 7.56. The van der Waals surface area contributed by atoms with E-state index in [2.05, 4.69) is 15.4 Å². The average molecular weight is 194 g/mol. The molecule has 0 saturated carbocycles. The quantitative estimate of drug-likeness (QED) is 0.660. The van der Waals surface area contributed by atoms with Crippen LogP contribution in [-0.2, 0) is 4.79 Å². The molecule has 2 heterocycles. The van der Waals surface area contributed by atoms with Gasteiger partial charge in [-0.1, -0.05) is 0 Å². The first-order chi connectivity index (χ1) is 6.77. The van der Waals surface area contributed by atoms with E-state index in [1.165, 1.54) is 6.20 Å². The van der Waals surface area contributed by atoms with Crippen molar-refractivity contribution in [1.82, 2.24) is 20.3 Å². The molecule has 0 bridgehead atoms. The Labute approximate surface area is 80.3 Å². The number of aromatic amines is 1. The van der Waals surface area contributed by atoms with Crippen molar-refractivity contribution in [3.05, 3.63) is 11.9 Å². The second-order valence-corrected chi connectivity index (χ2v) is 3.19. The Morgan fingerprint density at radius 2 is 2.14 bits per heavy atom. The van der Waals surface area contributed by atoms with Crippen molar-refractivity contribution in [2.75, 3.05) is 13.1 Å². The molecule has 0 radical (unpaired) electrons. The lowest BCUT2D eigenvalue weighted by atomic mass is 10.1. The number of hydrogen-bond donors (Lipinski definition) is 1. The first kappa shape index (κ1) is 8.86. The smallest absolute Gasteiger partial charge is 0.276 e. The van der Waals surface area contributed by atoms with E-state index in [9.17, 15) is 9.59 Å². The molecule has 14 heavy (non-hydrogen) atoms. The Morgan fingerprint density at radius 1 is 1.43 bits per heavy atom. The largest absolute Gasteiger partial charge is 0.336 e.